The van der Waals surface area contributed by atoms with Crippen LogP contribution < -0.4 is 10.6 Å². The highest BCUT2D eigenvalue weighted by Gasteiger charge is 2.17. The Morgan fingerprint density at radius 1 is 1.00 bits per heavy atom. The standard InChI is InChI=1S/C22H19ClN8/c1-13(30-22-19-21(27-11-26-19)28-12-29-22)16-9-14-5-4-7-17(23)18(14)31-20(16)25-10-15-6-2-3-8-24-15/h2-9,11-13H,10H2,1H3,(H,25,31)(H2,26,27,28,29,30)/t13-/m0/s1. The lowest BCUT2D eigenvalue weighted by molar-refractivity contribution is 0.867. The number of hydrogen-bond donors (Lipinski definition) is 3. The number of hydrogen-bond acceptors (Lipinski definition) is 7. The zero-order valence-corrected chi connectivity index (χ0v) is 17.4. The molecule has 0 amide bonds. The molecule has 0 fully saturated rings. The number of H-pyrrole nitrogens is 1. The molecule has 0 aliphatic heterocycles. The van der Waals surface area contributed by atoms with Gasteiger partial charge in [-0.3, -0.25) is 4.98 Å². The highest BCUT2D eigenvalue weighted by Crippen LogP contribution is 2.31. The number of pyridine rings is 2. The Kier molecular flexibility index (Phi) is 5.05. The van der Waals surface area contributed by atoms with E-state index in [9.17, 15) is 0 Å². The number of imidazole rings is 1. The number of benzene rings is 1. The Balaban J connectivity index is 1.52. The minimum Gasteiger partial charge on any atom is -0.364 e. The summed E-state index contributed by atoms with van der Waals surface area (Å²) in [5.41, 5.74) is 4.02. The van der Waals surface area contributed by atoms with Crippen LogP contribution in [-0.4, -0.2) is 29.9 Å². The second kappa shape index (κ2) is 8.16. The van der Waals surface area contributed by atoms with E-state index in [0.717, 1.165) is 28.0 Å². The van der Waals surface area contributed by atoms with Crippen molar-refractivity contribution in [2.24, 2.45) is 0 Å². The van der Waals surface area contributed by atoms with Crippen LogP contribution in [0, 0.1) is 0 Å². The molecule has 0 radical (unpaired) electrons. The molecule has 1 atom stereocenters. The normalized spacial score (nSPS) is 12.2. The van der Waals surface area contributed by atoms with E-state index < -0.39 is 0 Å². The first kappa shape index (κ1) is 19.2. The minimum atomic E-state index is -0.114. The molecule has 154 valence electrons. The smallest absolute Gasteiger partial charge is 0.162 e. The molecule has 31 heavy (non-hydrogen) atoms. The Morgan fingerprint density at radius 2 is 1.94 bits per heavy atom. The van der Waals surface area contributed by atoms with Crippen molar-refractivity contribution in [1.82, 2.24) is 29.9 Å². The predicted molar refractivity (Wildman–Crippen MR) is 122 cm³/mol. The largest absolute Gasteiger partial charge is 0.364 e. The number of aromatic amines is 1. The first-order valence-corrected chi connectivity index (χ1v) is 10.2. The third-order valence-corrected chi connectivity index (χ3v) is 5.33. The van der Waals surface area contributed by atoms with Crippen LogP contribution >= 0.6 is 11.6 Å². The third-order valence-electron chi connectivity index (χ3n) is 5.03. The fourth-order valence-corrected chi connectivity index (χ4v) is 3.70. The van der Waals surface area contributed by atoms with Crippen LogP contribution in [0.2, 0.25) is 5.02 Å². The molecule has 9 heteroatoms. The van der Waals surface area contributed by atoms with Gasteiger partial charge in [0.25, 0.3) is 0 Å². The number of fused-ring (bicyclic) bond motifs is 2. The molecule has 0 unspecified atom stereocenters. The quantitative estimate of drug-likeness (QED) is 0.357. The van der Waals surface area contributed by atoms with Gasteiger partial charge in [0.05, 0.1) is 35.1 Å². The average molecular weight is 431 g/mol. The van der Waals surface area contributed by atoms with E-state index in [4.69, 9.17) is 16.6 Å². The molecule has 0 spiro atoms. The molecule has 4 heterocycles. The third kappa shape index (κ3) is 3.85. The van der Waals surface area contributed by atoms with Gasteiger partial charge in [0.2, 0.25) is 0 Å². The van der Waals surface area contributed by atoms with Crippen LogP contribution in [0.25, 0.3) is 22.1 Å². The molecule has 0 aliphatic rings. The summed E-state index contributed by atoms with van der Waals surface area (Å²) in [6.45, 7) is 2.60. The molecule has 1 aromatic carbocycles. The van der Waals surface area contributed by atoms with Crippen molar-refractivity contribution >= 4 is 45.3 Å². The van der Waals surface area contributed by atoms with Gasteiger partial charge in [-0.25, -0.2) is 19.9 Å². The second-order valence-corrected chi connectivity index (χ2v) is 7.51. The molecule has 3 N–H and O–H groups in total. The van der Waals surface area contributed by atoms with Crippen LogP contribution in [0.5, 0.6) is 0 Å². The molecule has 8 nitrogen and oxygen atoms in total. The van der Waals surface area contributed by atoms with E-state index in [0.29, 0.717) is 28.5 Å². The molecule has 5 aromatic rings. The van der Waals surface area contributed by atoms with Crippen LogP contribution in [0.4, 0.5) is 11.6 Å². The second-order valence-electron chi connectivity index (χ2n) is 7.10. The van der Waals surface area contributed by atoms with Crippen molar-refractivity contribution in [2.75, 3.05) is 10.6 Å². The fourth-order valence-electron chi connectivity index (χ4n) is 3.48. The van der Waals surface area contributed by atoms with Gasteiger partial charge in [-0.2, -0.15) is 0 Å². The van der Waals surface area contributed by atoms with E-state index in [1.807, 2.05) is 36.4 Å². The van der Waals surface area contributed by atoms with E-state index >= 15 is 0 Å². The van der Waals surface area contributed by atoms with Crippen LogP contribution in [0.3, 0.4) is 0 Å². The summed E-state index contributed by atoms with van der Waals surface area (Å²) in [4.78, 5) is 25.1. The summed E-state index contributed by atoms with van der Waals surface area (Å²) in [5, 5.41) is 8.44. The summed E-state index contributed by atoms with van der Waals surface area (Å²) in [6, 6.07) is 13.6. The van der Waals surface area contributed by atoms with E-state index in [-0.39, 0.29) is 6.04 Å². The molecule has 5 rings (SSSR count). The zero-order valence-electron chi connectivity index (χ0n) is 16.7. The first-order chi connectivity index (χ1) is 15.2. The van der Waals surface area contributed by atoms with Gasteiger partial charge < -0.3 is 15.6 Å². The molecule has 0 aliphatic carbocycles. The lowest BCUT2D eigenvalue weighted by atomic mass is 10.1. The van der Waals surface area contributed by atoms with E-state index in [1.165, 1.54) is 6.33 Å². The van der Waals surface area contributed by atoms with Gasteiger partial charge in [0, 0.05) is 17.1 Å². The van der Waals surface area contributed by atoms with Gasteiger partial charge in [-0.1, -0.05) is 29.8 Å². The highest BCUT2D eigenvalue weighted by molar-refractivity contribution is 6.35. The van der Waals surface area contributed by atoms with Crippen LogP contribution in [0.15, 0.2) is 61.3 Å². The number of para-hydroxylation sites is 1. The Labute approximate surface area is 183 Å². The predicted octanol–water partition coefficient (Wildman–Crippen LogP) is 4.73. The molecule has 0 bridgehead atoms. The van der Waals surface area contributed by atoms with Crippen molar-refractivity contribution in [3.05, 3.63) is 77.6 Å². The van der Waals surface area contributed by atoms with Gasteiger partial charge in [-0.15, -0.1) is 0 Å². The Morgan fingerprint density at radius 3 is 2.81 bits per heavy atom. The molecule has 4 aromatic heterocycles. The van der Waals surface area contributed by atoms with Crippen molar-refractivity contribution in [1.29, 1.82) is 0 Å². The Hall–Kier alpha value is -3.78. The number of nitrogens with one attached hydrogen (secondary N) is 3. The zero-order chi connectivity index (χ0) is 21.2. The van der Waals surface area contributed by atoms with Crippen LogP contribution in [-0.2, 0) is 6.54 Å². The molecule has 0 saturated heterocycles. The summed E-state index contributed by atoms with van der Waals surface area (Å²) in [6.07, 6.45) is 4.89. The number of halogens is 1. The molecule has 0 saturated carbocycles. The lowest BCUT2D eigenvalue weighted by Gasteiger charge is -2.20. The summed E-state index contributed by atoms with van der Waals surface area (Å²) in [5.74, 6) is 1.39. The van der Waals surface area contributed by atoms with Gasteiger partial charge >= 0.3 is 0 Å². The number of nitrogens with zero attached hydrogens (tertiary/aromatic N) is 5. The van der Waals surface area contributed by atoms with Gasteiger partial charge in [0.15, 0.2) is 11.5 Å². The first-order valence-electron chi connectivity index (χ1n) is 9.82. The average Bonchev–Trinajstić information content (AvgIpc) is 3.28. The van der Waals surface area contributed by atoms with Crippen molar-refractivity contribution in [3.8, 4) is 0 Å². The van der Waals surface area contributed by atoms with E-state index in [2.05, 4.69) is 48.5 Å². The molecular formula is C22H19ClN8. The number of anilines is 2. The fraction of sp³-hybridized carbons (Fsp3) is 0.136. The van der Waals surface area contributed by atoms with Gasteiger partial charge in [0.1, 0.15) is 17.7 Å². The maximum Gasteiger partial charge on any atom is 0.162 e. The number of rotatable bonds is 6. The van der Waals surface area contributed by atoms with Crippen LogP contribution in [0.1, 0.15) is 24.2 Å². The SMILES string of the molecule is C[C@H](Nc1ncnc2[nH]cnc12)c1cc2cccc(Cl)c2nc1NCc1ccccn1. The maximum absolute atomic E-state index is 6.41. The maximum atomic E-state index is 6.41. The van der Waals surface area contributed by atoms with E-state index in [1.54, 1.807) is 12.5 Å². The van der Waals surface area contributed by atoms with Crippen molar-refractivity contribution < 1.29 is 0 Å². The monoisotopic (exact) mass is 430 g/mol. The van der Waals surface area contributed by atoms with Crippen molar-refractivity contribution in [2.45, 2.75) is 19.5 Å². The summed E-state index contributed by atoms with van der Waals surface area (Å²) in [7, 11) is 0. The minimum absolute atomic E-state index is 0.114. The molecular weight excluding hydrogens is 412 g/mol. The summed E-state index contributed by atoms with van der Waals surface area (Å²) < 4.78 is 0. The summed E-state index contributed by atoms with van der Waals surface area (Å²) >= 11 is 6.41. The topological polar surface area (TPSA) is 104 Å². The Bertz CT molecular complexity index is 1350. The van der Waals surface area contributed by atoms with Gasteiger partial charge in [-0.05, 0) is 31.2 Å². The number of aromatic nitrogens is 6. The van der Waals surface area contributed by atoms with Crippen molar-refractivity contribution in [3.63, 3.8) is 0 Å². The lowest BCUT2D eigenvalue weighted by Crippen LogP contribution is -2.13. The highest BCUT2D eigenvalue weighted by atomic mass is 35.5.